The summed E-state index contributed by atoms with van der Waals surface area (Å²) in [7, 11) is -1.96. The summed E-state index contributed by atoms with van der Waals surface area (Å²) in [6.07, 6.45) is 2.50. The number of hydrogen-bond acceptors (Lipinski definition) is 9. The molecule has 2 aromatic rings. The zero-order chi connectivity index (χ0) is 23.3. The van der Waals surface area contributed by atoms with E-state index in [-0.39, 0.29) is 41.8 Å². The number of likely N-dealkylation sites (tertiary alicyclic amines) is 1. The van der Waals surface area contributed by atoms with Gasteiger partial charge in [-0.1, -0.05) is 0 Å². The van der Waals surface area contributed by atoms with Crippen LogP contribution in [0.1, 0.15) is 28.9 Å². The van der Waals surface area contributed by atoms with Gasteiger partial charge in [0.05, 0.1) is 35.6 Å². The molecule has 0 bridgehead atoms. The number of thiazole rings is 1. The quantitative estimate of drug-likeness (QED) is 0.421. The molecule has 1 aromatic heterocycles. The molecule has 1 aliphatic heterocycles. The Labute approximate surface area is 189 Å². The molecule has 1 aromatic carbocycles. The molecule has 3 rings (SSSR count). The highest BCUT2D eigenvalue weighted by atomic mass is 32.2. The van der Waals surface area contributed by atoms with E-state index in [4.69, 9.17) is 9.47 Å². The summed E-state index contributed by atoms with van der Waals surface area (Å²) in [5, 5.41) is 13.5. The van der Waals surface area contributed by atoms with Crippen molar-refractivity contribution in [2.75, 3.05) is 33.0 Å². The average molecular weight is 485 g/mol. The molecule has 1 N–H and O–H groups in total. The van der Waals surface area contributed by atoms with Crippen LogP contribution in [0.4, 0.5) is 5.69 Å². The number of nitro groups is 1. The Morgan fingerprint density at radius 1 is 1.41 bits per heavy atom. The third kappa shape index (κ3) is 6.14. The van der Waals surface area contributed by atoms with E-state index in [0.29, 0.717) is 25.2 Å². The van der Waals surface area contributed by atoms with Crippen LogP contribution in [-0.4, -0.2) is 62.1 Å². The second kappa shape index (κ2) is 10.2. The lowest BCUT2D eigenvalue weighted by molar-refractivity contribution is -0.385. The fraction of sp³-hybridized carbons (Fsp3) is 0.474. The van der Waals surface area contributed by atoms with Crippen molar-refractivity contribution in [1.82, 2.24) is 14.6 Å². The van der Waals surface area contributed by atoms with E-state index in [1.165, 1.54) is 35.5 Å². The Hall–Kier alpha value is -2.77. The van der Waals surface area contributed by atoms with Crippen LogP contribution in [0.3, 0.4) is 0 Å². The number of amides is 1. The van der Waals surface area contributed by atoms with E-state index in [2.05, 4.69) is 9.71 Å². The lowest BCUT2D eigenvalue weighted by atomic mass is 9.97. The number of nitrogens with zero attached hydrogens (tertiary/aromatic N) is 3. The molecule has 1 amide bonds. The van der Waals surface area contributed by atoms with Gasteiger partial charge in [-0.05, 0) is 18.8 Å². The number of piperidine rings is 1. The Morgan fingerprint density at radius 2 is 2.19 bits per heavy atom. The fourth-order valence-electron chi connectivity index (χ4n) is 3.46. The molecule has 1 atom stereocenters. The first-order chi connectivity index (χ1) is 15.2. The Morgan fingerprint density at radius 3 is 2.81 bits per heavy atom. The summed E-state index contributed by atoms with van der Waals surface area (Å²) in [5.74, 6) is -0.256. The van der Waals surface area contributed by atoms with Crippen LogP contribution in [0, 0.1) is 16.0 Å². The first-order valence-electron chi connectivity index (χ1n) is 9.78. The maximum atomic E-state index is 13.2. The second-order valence-electron chi connectivity index (χ2n) is 7.43. The van der Waals surface area contributed by atoms with E-state index in [1.807, 2.05) is 0 Å². The largest absolute Gasteiger partial charge is 0.493 e. The molecule has 1 fully saturated rings. The highest BCUT2D eigenvalue weighted by Crippen LogP contribution is 2.36. The number of nitrogens with one attached hydrogen (secondary N) is 1. The number of benzene rings is 1. The van der Waals surface area contributed by atoms with Crippen molar-refractivity contribution in [3.8, 4) is 11.5 Å². The normalized spacial score (nSPS) is 16.6. The van der Waals surface area contributed by atoms with Gasteiger partial charge in [-0.2, -0.15) is 0 Å². The number of methoxy groups -OCH3 is 1. The van der Waals surface area contributed by atoms with Gasteiger partial charge >= 0.3 is 0 Å². The molecule has 0 saturated carbocycles. The number of rotatable bonds is 9. The van der Waals surface area contributed by atoms with Crippen molar-refractivity contribution in [3.05, 3.63) is 44.4 Å². The molecule has 1 unspecified atom stereocenters. The molecule has 174 valence electrons. The maximum Gasteiger partial charge on any atom is 0.286 e. The smallest absolute Gasteiger partial charge is 0.286 e. The predicted molar refractivity (Wildman–Crippen MR) is 118 cm³/mol. The van der Waals surface area contributed by atoms with Crippen LogP contribution < -0.4 is 14.2 Å². The van der Waals surface area contributed by atoms with Crippen molar-refractivity contribution >= 4 is 33.0 Å². The highest BCUT2D eigenvalue weighted by molar-refractivity contribution is 7.88. The molecule has 32 heavy (non-hydrogen) atoms. The number of sulfonamides is 1. The van der Waals surface area contributed by atoms with Crippen LogP contribution >= 0.6 is 11.3 Å². The van der Waals surface area contributed by atoms with E-state index in [9.17, 15) is 23.3 Å². The minimum absolute atomic E-state index is 0.0795. The number of aromatic nitrogens is 1. The maximum absolute atomic E-state index is 13.2. The van der Waals surface area contributed by atoms with Crippen molar-refractivity contribution < 1.29 is 27.6 Å². The van der Waals surface area contributed by atoms with Crippen molar-refractivity contribution in [1.29, 1.82) is 0 Å². The predicted octanol–water partition coefficient (Wildman–Crippen LogP) is 2.04. The van der Waals surface area contributed by atoms with Gasteiger partial charge in [0, 0.05) is 31.1 Å². The SMILES string of the molecule is COc1cc(C(=O)N2CCCC(CNS(C)(=O)=O)C2)c([N+](=O)[O-])cc1OCc1cscn1. The Kier molecular flexibility index (Phi) is 7.64. The molecule has 0 aliphatic carbocycles. The minimum atomic E-state index is -3.34. The van der Waals surface area contributed by atoms with Crippen LogP contribution in [-0.2, 0) is 16.6 Å². The van der Waals surface area contributed by atoms with Gasteiger partial charge < -0.3 is 14.4 Å². The van der Waals surface area contributed by atoms with Crippen molar-refractivity contribution in [2.24, 2.45) is 5.92 Å². The molecule has 0 spiro atoms. The van der Waals surface area contributed by atoms with E-state index in [1.54, 1.807) is 10.9 Å². The zero-order valence-electron chi connectivity index (χ0n) is 17.6. The molecule has 1 saturated heterocycles. The Balaban J connectivity index is 1.82. The second-order valence-corrected chi connectivity index (χ2v) is 9.98. The number of hydrogen-bond donors (Lipinski definition) is 1. The summed E-state index contributed by atoms with van der Waals surface area (Å²) in [5.41, 5.74) is 1.82. The van der Waals surface area contributed by atoms with E-state index < -0.39 is 20.9 Å². The lowest BCUT2D eigenvalue weighted by Gasteiger charge is -2.32. The number of carbonyl (C=O) groups excluding carboxylic acids is 1. The van der Waals surface area contributed by atoms with Crippen molar-refractivity contribution in [3.63, 3.8) is 0 Å². The van der Waals surface area contributed by atoms with Gasteiger partial charge in [0.1, 0.15) is 12.2 Å². The first-order valence-corrected chi connectivity index (χ1v) is 12.6. The van der Waals surface area contributed by atoms with E-state index in [0.717, 1.165) is 12.7 Å². The minimum Gasteiger partial charge on any atom is -0.493 e. The van der Waals surface area contributed by atoms with Crippen molar-refractivity contribution in [2.45, 2.75) is 19.4 Å². The third-order valence-corrected chi connectivity index (χ3v) is 6.33. The zero-order valence-corrected chi connectivity index (χ0v) is 19.3. The molecular weight excluding hydrogens is 460 g/mol. The molecule has 1 aliphatic rings. The molecular formula is C19H24N4O7S2. The first kappa shape index (κ1) is 23.9. The van der Waals surface area contributed by atoms with Crippen LogP contribution in [0.15, 0.2) is 23.0 Å². The lowest BCUT2D eigenvalue weighted by Crippen LogP contribution is -2.43. The number of nitro benzene ring substituents is 1. The third-order valence-electron chi connectivity index (χ3n) is 5.01. The standard InChI is InChI=1S/C19H24N4O7S2/c1-29-17-6-15(16(23(25)26)7-18(17)30-10-14-11-31-12-20-14)19(24)22-5-3-4-13(9-22)8-21-32(2,27)28/h6-7,11-13,21H,3-5,8-10H2,1-2H3. The Bertz CT molecular complexity index is 1070. The fourth-order valence-corrected chi connectivity index (χ4v) is 4.54. The van der Waals surface area contributed by atoms with E-state index >= 15 is 0 Å². The number of ether oxygens (including phenoxy) is 2. The van der Waals surface area contributed by atoms with Gasteiger partial charge in [-0.15, -0.1) is 11.3 Å². The highest BCUT2D eigenvalue weighted by Gasteiger charge is 2.31. The van der Waals surface area contributed by atoms with Gasteiger partial charge in [0.2, 0.25) is 10.0 Å². The van der Waals surface area contributed by atoms with Crippen LogP contribution in [0.2, 0.25) is 0 Å². The number of carbonyl (C=O) groups is 1. The summed E-state index contributed by atoms with van der Waals surface area (Å²) in [6.45, 7) is 1.03. The van der Waals surface area contributed by atoms with Gasteiger partial charge in [-0.25, -0.2) is 18.1 Å². The summed E-state index contributed by atoms with van der Waals surface area (Å²) >= 11 is 1.40. The van der Waals surface area contributed by atoms with Crippen LogP contribution in [0.25, 0.3) is 0 Å². The molecule has 2 heterocycles. The summed E-state index contributed by atoms with van der Waals surface area (Å²) in [6, 6.07) is 2.50. The monoisotopic (exact) mass is 484 g/mol. The van der Waals surface area contributed by atoms with Gasteiger partial charge in [-0.3, -0.25) is 14.9 Å². The summed E-state index contributed by atoms with van der Waals surface area (Å²) in [4.78, 5) is 29.9. The summed E-state index contributed by atoms with van der Waals surface area (Å²) < 4.78 is 36.1. The van der Waals surface area contributed by atoms with Gasteiger partial charge in [0.15, 0.2) is 11.5 Å². The van der Waals surface area contributed by atoms with Gasteiger partial charge in [0.25, 0.3) is 11.6 Å². The molecule has 13 heteroatoms. The van der Waals surface area contributed by atoms with Crippen LogP contribution in [0.5, 0.6) is 11.5 Å². The molecule has 11 nitrogen and oxygen atoms in total. The molecule has 0 radical (unpaired) electrons. The average Bonchev–Trinajstić information content (AvgIpc) is 3.28. The topological polar surface area (TPSA) is 141 Å².